The van der Waals surface area contributed by atoms with Gasteiger partial charge in [0, 0.05) is 24.3 Å². The molecule has 3 aliphatic carbocycles. The lowest BCUT2D eigenvalue weighted by Crippen LogP contribution is -2.76. The smallest absolute Gasteiger partial charge is 0.123 e. The van der Waals surface area contributed by atoms with Gasteiger partial charge in [0.15, 0.2) is 0 Å². The third-order valence-electron chi connectivity index (χ3n) is 9.15. The molecular formula is C25H39N3O2. The van der Waals surface area contributed by atoms with Crippen molar-refractivity contribution in [3.05, 3.63) is 23.9 Å². The van der Waals surface area contributed by atoms with Crippen molar-refractivity contribution in [3.63, 3.8) is 0 Å². The summed E-state index contributed by atoms with van der Waals surface area (Å²) in [6.07, 6.45) is 14.5. The lowest BCUT2D eigenvalue weighted by Gasteiger charge is -2.70. The number of aliphatic hydroxyl groups excluding tert-OH is 1. The highest BCUT2D eigenvalue weighted by Gasteiger charge is 2.68. The molecule has 5 heteroatoms. The van der Waals surface area contributed by atoms with E-state index in [1.54, 1.807) is 0 Å². The minimum Gasteiger partial charge on any atom is -0.396 e. The van der Waals surface area contributed by atoms with Crippen molar-refractivity contribution in [1.29, 1.82) is 0 Å². The first-order chi connectivity index (χ1) is 14.4. The highest BCUT2D eigenvalue weighted by molar-refractivity contribution is 5.29. The zero-order chi connectivity index (χ0) is 21.0. The number of aliphatic hydroxyl groups is 1. The Labute approximate surface area is 181 Å². The molecule has 5 nitrogen and oxygen atoms in total. The molecule has 3 saturated carbocycles. The number of pyridine rings is 1. The number of fused-ring (bicyclic) bond motifs is 1. The number of hydrogen-bond donors (Lipinski definition) is 3. The molecule has 0 radical (unpaired) electrons. The molecule has 1 aromatic heterocycles. The molecule has 1 aromatic rings. The zero-order valence-corrected chi connectivity index (χ0v) is 18.5. The summed E-state index contributed by atoms with van der Waals surface area (Å²) in [7, 11) is 0. The summed E-state index contributed by atoms with van der Waals surface area (Å²) >= 11 is 0. The maximum absolute atomic E-state index is 9.84. The normalized spacial score (nSPS) is 45.4. The first-order valence-corrected chi connectivity index (χ1v) is 12.2. The number of hydrogen-bond acceptors (Lipinski definition) is 5. The third-order valence-corrected chi connectivity index (χ3v) is 9.15. The van der Waals surface area contributed by atoms with Crippen LogP contribution in [0.2, 0.25) is 0 Å². The highest BCUT2D eigenvalue weighted by atomic mass is 16.5. The van der Waals surface area contributed by atoms with Crippen molar-refractivity contribution in [1.82, 2.24) is 4.98 Å². The number of nitrogen functional groups attached to an aromatic ring is 1. The van der Waals surface area contributed by atoms with E-state index < -0.39 is 0 Å². The Hall–Kier alpha value is -1.17. The van der Waals surface area contributed by atoms with E-state index in [-0.39, 0.29) is 23.3 Å². The van der Waals surface area contributed by atoms with Gasteiger partial charge in [0.1, 0.15) is 5.82 Å². The minimum absolute atomic E-state index is 0.101. The van der Waals surface area contributed by atoms with Gasteiger partial charge in [-0.2, -0.15) is 0 Å². The Morgan fingerprint density at radius 3 is 2.83 bits per heavy atom. The van der Waals surface area contributed by atoms with E-state index in [4.69, 9.17) is 16.2 Å². The van der Waals surface area contributed by atoms with Gasteiger partial charge in [0.2, 0.25) is 0 Å². The van der Waals surface area contributed by atoms with Gasteiger partial charge in [-0.3, -0.25) is 0 Å². The van der Waals surface area contributed by atoms with Crippen LogP contribution in [0.15, 0.2) is 18.3 Å². The lowest BCUT2D eigenvalue weighted by molar-refractivity contribution is -0.324. The molecule has 5 N–H and O–H groups in total. The van der Waals surface area contributed by atoms with Crippen molar-refractivity contribution in [2.24, 2.45) is 29.4 Å². The van der Waals surface area contributed by atoms with Crippen molar-refractivity contribution in [3.8, 4) is 0 Å². The summed E-state index contributed by atoms with van der Waals surface area (Å²) in [5.41, 5.74) is 13.7. The number of ether oxygens (including phenoxy) is 1. The van der Waals surface area contributed by atoms with E-state index in [9.17, 15) is 5.11 Å². The molecule has 4 bridgehead atoms. The van der Waals surface area contributed by atoms with Gasteiger partial charge in [-0.05, 0) is 87.7 Å². The number of anilines is 1. The van der Waals surface area contributed by atoms with Crippen LogP contribution in [-0.2, 0) is 11.2 Å². The Balaban J connectivity index is 1.40. The Morgan fingerprint density at radius 1 is 1.23 bits per heavy atom. The zero-order valence-electron chi connectivity index (χ0n) is 18.5. The van der Waals surface area contributed by atoms with E-state index in [2.05, 4.69) is 18.0 Å². The molecule has 6 rings (SSSR count). The topological polar surface area (TPSA) is 94.4 Å². The SMILES string of the molecule is C[C@@]12CCC[C@@H]3C[C@@]([C@H]4CCC[C@H](Cc5ccc(N)nc5)C4)(C[C@@](N)(CCO)[C@@H]31)O2. The lowest BCUT2D eigenvalue weighted by atomic mass is 9.46. The summed E-state index contributed by atoms with van der Waals surface area (Å²) in [5, 5.41) is 9.84. The molecule has 5 fully saturated rings. The fourth-order valence-corrected chi connectivity index (χ4v) is 8.36. The summed E-state index contributed by atoms with van der Waals surface area (Å²) in [4.78, 5) is 4.29. The fraction of sp³-hybridized carbons (Fsp3) is 0.800. The van der Waals surface area contributed by atoms with Crippen LogP contribution in [0, 0.1) is 23.7 Å². The average molecular weight is 414 g/mol. The summed E-state index contributed by atoms with van der Waals surface area (Å²) in [6.45, 7) is 2.51. The summed E-state index contributed by atoms with van der Waals surface area (Å²) in [6, 6.07) is 4.05. The molecule has 5 aliphatic rings. The van der Waals surface area contributed by atoms with Crippen LogP contribution in [0.4, 0.5) is 5.82 Å². The Bertz CT molecular complexity index is 770. The largest absolute Gasteiger partial charge is 0.396 e. The van der Waals surface area contributed by atoms with Gasteiger partial charge < -0.3 is 21.3 Å². The molecule has 0 spiro atoms. The van der Waals surface area contributed by atoms with E-state index in [1.807, 2.05) is 12.3 Å². The van der Waals surface area contributed by atoms with Crippen LogP contribution in [0.1, 0.15) is 76.7 Å². The van der Waals surface area contributed by atoms with E-state index in [1.165, 1.54) is 50.5 Å². The van der Waals surface area contributed by atoms with Crippen LogP contribution in [-0.4, -0.2) is 33.4 Å². The van der Waals surface area contributed by atoms with E-state index >= 15 is 0 Å². The molecule has 2 saturated heterocycles. The van der Waals surface area contributed by atoms with Gasteiger partial charge >= 0.3 is 0 Å². The first kappa shape index (κ1) is 20.7. The fourth-order valence-electron chi connectivity index (χ4n) is 8.36. The second kappa shape index (κ2) is 7.46. The Kier molecular flexibility index (Phi) is 5.15. The molecule has 0 amide bonds. The number of nitrogens with zero attached hydrogens (tertiary/aromatic N) is 1. The minimum atomic E-state index is -0.279. The predicted molar refractivity (Wildman–Crippen MR) is 119 cm³/mol. The molecule has 2 aliphatic heterocycles. The second-order valence-electron chi connectivity index (χ2n) is 11.2. The predicted octanol–water partition coefficient (Wildman–Crippen LogP) is 3.83. The molecule has 0 aromatic carbocycles. The quantitative estimate of drug-likeness (QED) is 0.682. The molecule has 3 heterocycles. The van der Waals surface area contributed by atoms with E-state index in [0.717, 1.165) is 19.3 Å². The molecule has 0 unspecified atom stereocenters. The van der Waals surface area contributed by atoms with Crippen LogP contribution >= 0.6 is 0 Å². The molecule has 166 valence electrons. The molecule has 30 heavy (non-hydrogen) atoms. The maximum atomic E-state index is 9.84. The number of nitrogens with two attached hydrogens (primary N) is 2. The van der Waals surface area contributed by atoms with Crippen molar-refractivity contribution >= 4 is 5.82 Å². The first-order valence-electron chi connectivity index (χ1n) is 12.2. The van der Waals surface area contributed by atoms with E-state index in [0.29, 0.717) is 35.9 Å². The monoisotopic (exact) mass is 413 g/mol. The standard InChI is InChI=1S/C25H39N3O2/c1-23-9-3-5-19-14-25(30-23,16-24(27,10-11-29)22(19)23)20-6-2-4-17(13-20)12-18-7-8-21(26)28-15-18/h7-8,15,17,19-20,22,29H,2-6,9-14,16,27H2,1H3,(H2,26,28)/t17-,19-,20+,22+,23-,24+,25+/m1/s1. The number of aromatic nitrogens is 1. The third kappa shape index (κ3) is 3.37. The second-order valence-corrected chi connectivity index (χ2v) is 11.2. The van der Waals surface area contributed by atoms with Crippen LogP contribution in [0.25, 0.3) is 0 Å². The van der Waals surface area contributed by atoms with Crippen LogP contribution in [0.3, 0.4) is 0 Å². The van der Waals surface area contributed by atoms with Crippen molar-refractivity contribution in [2.75, 3.05) is 12.3 Å². The van der Waals surface area contributed by atoms with Gasteiger partial charge in [0.25, 0.3) is 0 Å². The van der Waals surface area contributed by atoms with Crippen molar-refractivity contribution in [2.45, 2.75) is 94.3 Å². The van der Waals surface area contributed by atoms with Crippen molar-refractivity contribution < 1.29 is 9.84 Å². The van der Waals surface area contributed by atoms with Crippen LogP contribution < -0.4 is 11.5 Å². The summed E-state index contributed by atoms with van der Waals surface area (Å²) in [5.74, 6) is 2.89. The van der Waals surface area contributed by atoms with Gasteiger partial charge in [-0.25, -0.2) is 4.98 Å². The maximum Gasteiger partial charge on any atom is 0.123 e. The number of rotatable bonds is 5. The average Bonchev–Trinajstić information content (AvgIpc) is 2.69. The van der Waals surface area contributed by atoms with Gasteiger partial charge in [-0.15, -0.1) is 0 Å². The van der Waals surface area contributed by atoms with Gasteiger partial charge in [0.05, 0.1) is 11.2 Å². The highest BCUT2D eigenvalue weighted by Crippen LogP contribution is 2.65. The molecular weight excluding hydrogens is 374 g/mol. The molecule has 7 atom stereocenters. The van der Waals surface area contributed by atoms with Gasteiger partial charge in [-0.1, -0.05) is 25.3 Å². The summed E-state index contributed by atoms with van der Waals surface area (Å²) < 4.78 is 7.14. The Morgan fingerprint density at radius 2 is 2.10 bits per heavy atom. The van der Waals surface area contributed by atoms with Crippen LogP contribution in [0.5, 0.6) is 0 Å².